The van der Waals surface area contributed by atoms with Crippen LogP contribution in [0.25, 0.3) is 0 Å². The van der Waals surface area contributed by atoms with Gasteiger partial charge >= 0.3 is 0 Å². The van der Waals surface area contributed by atoms with Crippen LogP contribution in [0.4, 0.5) is 0 Å². The molecule has 74 valence electrons. The Labute approximate surface area is 80.5 Å². The summed E-state index contributed by atoms with van der Waals surface area (Å²) in [5, 5.41) is 16.6. The zero-order chi connectivity index (χ0) is 9.84. The van der Waals surface area contributed by atoms with Crippen molar-refractivity contribution < 1.29 is 14.9 Å². The van der Waals surface area contributed by atoms with E-state index in [1.165, 1.54) is 0 Å². The van der Waals surface area contributed by atoms with Crippen molar-refractivity contribution >= 4 is 7.85 Å². The highest BCUT2D eigenvalue weighted by Gasteiger charge is 2.38. The lowest BCUT2D eigenvalue weighted by atomic mass is 9.97. The van der Waals surface area contributed by atoms with Crippen LogP contribution < -0.4 is 0 Å². The quantitative estimate of drug-likeness (QED) is 0.595. The predicted molar refractivity (Wildman–Crippen MR) is 50.5 cm³/mol. The minimum absolute atomic E-state index is 0.0255. The molecule has 3 nitrogen and oxygen atoms in total. The zero-order valence-corrected chi connectivity index (χ0v) is 8.02. The number of ether oxygens (including phenoxy) is 1. The molecule has 2 fully saturated rings. The fourth-order valence-electron chi connectivity index (χ4n) is 1.68. The van der Waals surface area contributed by atoms with E-state index in [0.29, 0.717) is 5.92 Å². The molecule has 0 bridgehead atoms. The molecule has 1 saturated heterocycles. The molecule has 13 heavy (non-hydrogen) atoms. The number of hydrogen-bond acceptors (Lipinski definition) is 3. The molecular formula is C9H17BO3. The Balaban J connectivity index is 0.000000396. The van der Waals surface area contributed by atoms with Gasteiger partial charge in [-0.2, -0.15) is 0 Å². The average molecular weight is 184 g/mol. The SMILES string of the molecule is CO.[B]C1CCC(C(O)C2CC2)O1. The Morgan fingerprint density at radius 3 is 2.23 bits per heavy atom. The Morgan fingerprint density at radius 2 is 1.85 bits per heavy atom. The van der Waals surface area contributed by atoms with Crippen molar-refractivity contribution in [3.05, 3.63) is 0 Å². The van der Waals surface area contributed by atoms with Crippen LogP contribution in [0.3, 0.4) is 0 Å². The van der Waals surface area contributed by atoms with Gasteiger partial charge in [0.2, 0.25) is 0 Å². The van der Waals surface area contributed by atoms with Crippen LogP contribution in [-0.2, 0) is 4.74 Å². The molecular weight excluding hydrogens is 167 g/mol. The van der Waals surface area contributed by atoms with Crippen molar-refractivity contribution in [3.8, 4) is 0 Å². The third-order valence-corrected chi connectivity index (χ3v) is 2.57. The van der Waals surface area contributed by atoms with Crippen molar-refractivity contribution in [1.82, 2.24) is 0 Å². The maximum Gasteiger partial charge on any atom is 0.109 e. The molecule has 0 aromatic rings. The number of rotatable bonds is 2. The van der Waals surface area contributed by atoms with Crippen molar-refractivity contribution in [2.45, 2.75) is 43.9 Å². The molecule has 1 saturated carbocycles. The van der Waals surface area contributed by atoms with Gasteiger partial charge in [0.15, 0.2) is 0 Å². The van der Waals surface area contributed by atoms with Crippen molar-refractivity contribution in [3.63, 3.8) is 0 Å². The highest BCUT2D eigenvalue weighted by Crippen LogP contribution is 2.37. The second-order valence-electron chi connectivity index (χ2n) is 3.62. The minimum atomic E-state index is -0.247. The monoisotopic (exact) mass is 184 g/mol. The summed E-state index contributed by atoms with van der Waals surface area (Å²) < 4.78 is 5.35. The van der Waals surface area contributed by atoms with Gasteiger partial charge in [0.1, 0.15) is 7.85 Å². The maximum absolute atomic E-state index is 9.63. The van der Waals surface area contributed by atoms with E-state index in [1.54, 1.807) is 0 Å². The molecule has 3 unspecified atom stereocenters. The van der Waals surface area contributed by atoms with E-state index in [2.05, 4.69) is 0 Å². The fraction of sp³-hybridized carbons (Fsp3) is 1.00. The van der Waals surface area contributed by atoms with Crippen LogP contribution in [-0.4, -0.2) is 43.4 Å². The summed E-state index contributed by atoms with van der Waals surface area (Å²) in [4.78, 5) is 0. The van der Waals surface area contributed by atoms with Crippen LogP contribution in [0.2, 0.25) is 0 Å². The molecule has 0 amide bonds. The van der Waals surface area contributed by atoms with E-state index in [-0.39, 0.29) is 18.2 Å². The summed E-state index contributed by atoms with van der Waals surface area (Å²) in [6.45, 7) is 0. The number of hydrogen-bond donors (Lipinski definition) is 2. The summed E-state index contributed by atoms with van der Waals surface area (Å²) in [5.74, 6) is 0.505. The highest BCUT2D eigenvalue weighted by atomic mass is 16.5. The standard InChI is InChI=1S/C8H13BO2.CH4O/c9-7-4-3-6(11-7)8(10)5-1-2-5;1-2/h5-8,10H,1-4H2;2H,1H3. The van der Waals surface area contributed by atoms with Crippen molar-refractivity contribution in [2.75, 3.05) is 7.11 Å². The largest absolute Gasteiger partial charge is 0.400 e. The molecule has 1 heterocycles. The molecule has 2 aliphatic rings. The molecule has 0 aromatic heterocycles. The van der Waals surface area contributed by atoms with Gasteiger partial charge in [0.25, 0.3) is 0 Å². The fourth-order valence-corrected chi connectivity index (χ4v) is 1.68. The lowest BCUT2D eigenvalue weighted by Gasteiger charge is -2.17. The Morgan fingerprint density at radius 1 is 1.23 bits per heavy atom. The summed E-state index contributed by atoms with van der Waals surface area (Å²) in [7, 11) is 6.55. The first-order valence-electron chi connectivity index (χ1n) is 4.81. The van der Waals surface area contributed by atoms with Crippen molar-refractivity contribution in [1.29, 1.82) is 0 Å². The van der Waals surface area contributed by atoms with Crippen LogP contribution in [0.15, 0.2) is 0 Å². The van der Waals surface area contributed by atoms with Gasteiger partial charge in [-0.15, -0.1) is 0 Å². The third-order valence-electron chi connectivity index (χ3n) is 2.57. The van der Waals surface area contributed by atoms with E-state index in [1.807, 2.05) is 0 Å². The third kappa shape index (κ3) is 2.97. The predicted octanol–water partition coefficient (Wildman–Crippen LogP) is 0.0394. The molecule has 2 N–H and O–H groups in total. The zero-order valence-electron chi connectivity index (χ0n) is 8.02. The van der Waals surface area contributed by atoms with Crippen LogP contribution >= 0.6 is 0 Å². The molecule has 2 radical (unpaired) electrons. The Hall–Kier alpha value is -0.0551. The van der Waals surface area contributed by atoms with E-state index >= 15 is 0 Å². The molecule has 4 heteroatoms. The summed E-state index contributed by atoms with van der Waals surface area (Å²) in [6, 6.07) is -0.131. The lowest BCUT2D eigenvalue weighted by Crippen LogP contribution is -2.28. The van der Waals surface area contributed by atoms with Gasteiger partial charge in [-0.3, -0.25) is 0 Å². The minimum Gasteiger partial charge on any atom is -0.400 e. The molecule has 1 aliphatic heterocycles. The highest BCUT2D eigenvalue weighted by molar-refractivity contribution is 6.11. The molecule has 3 atom stereocenters. The Kier molecular flexibility index (Phi) is 4.23. The first-order chi connectivity index (χ1) is 6.27. The van der Waals surface area contributed by atoms with Gasteiger partial charge in [0, 0.05) is 13.1 Å². The van der Waals surface area contributed by atoms with Gasteiger partial charge in [-0.25, -0.2) is 0 Å². The summed E-state index contributed by atoms with van der Waals surface area (Å²) >= 11 is 0. The van der Waals surface area contributed by atoms with Crippen LogP contribution in [0.5, 0.6) is 0 Å². The second-order valence-corrected chi connectivity index (χ2v) is 3.62. The van der Waals surface area contributed by atoms with Gasteiger partial charge in [-0.05, 0) is 31.6 Å². The molecule has 0 aromatic carbocycles. The Bertz CT molecular complexity index is 150. The van der Waals surface area contributed by atoms with E-state index < -0.39 is 0 Å². The second kappa shape index (κ2) is 4.98. The first-order valence-corrected chi connectivity index (χ1v) is 4.81. The van der Waals surface area contributed by atoms with Crippen molar-refractivity contribution in [2.24, 2.45) is 5.92 Å². The van der Waals surface area contributed by atoms with E-state index in [4.69, 9.17) is 17.7 Å². The maximum atomic E-state index is 9.63. The van der Waals surface area contributed by atoms with Crippen LogP contribution in [0.1, 0.15) is 25.7 Å². The van der Waals surface area contributed by atoms with Gasteiger partial charge in [0.05, 0.1) is 12.2 Å². The lowest BCUT2D eigenvalue weighted by molar-refractivity contribution is -0.0224. The van der Waals surface area contributed by atoms with Gasteiger partial charge < -0.3 is 14.9 Å². The molecule has 2 rings (SSSR count). The van der Waals surface area contributed by atoms with E-state index in [9.17, 15) is 5.11 Å². The molecule has 1 aliphatic carbocycles. The summed E-state index contributed by atoms with van der Waals surface area (Å²) in [6.07, 6.45) is 3.93. The number of aliphatic hydroxyl groups excluding tert-OH is 2. The summed E-state index contributed by atoms with van der Waals surface area (Å²) in [5.41, 5.74) is 0. The average Bonchev–Trinajstić information content (AvgIpc) is 2.92. The van der Waals surface area contributed by atoms with E-state index in [0.717, 1.165) is 32.8 Å². The van der Waals surface area contributed by atoms with Gasteiger partial charge in [-0.1, -0.05) is 0 Å². The first kappa shape index (κ1) is 11.0. The topological polar surface area (TPSA) is 49.7 Å². The van der Waals surface area contributed by atoms with Crippen LogP contribution in [0, 0.1) is 5.92 Å². The molecule has 0 spiro atoms. The normalized spacial score (nSPS) is 35.0. The smallest absolute Gasteiger partial charge is 0.109 e. The number of aliphatic hydroxyl groups is 2.